The van der Waals surface area contributed by atoms with Crippen LogP contribution in [0.15, 0.2) is 36.5 Å². The molecule has 1 amide bonds. The van der Waals surface area contributed by atoms with Crippen LogP contribution in [0.2, 0.25) is 0 Å². The van der Waals surface area contributed by atoms with E-state index in [2.05, 4.69) is 16.4 Å². The first kappa shape index (κ1) is 17.5. The number of rotatable bonds is 5. The zero-order valence-electron chi connectivity index (χ0n) is 16.1. The largest absolute Gasteiger partial charge is 0.454 e. The summed E-state index contributed by atoms with van der Waals surface area (Å²) in [6, 6.07) is 9.85. The predicted octanol–water partition coefficient (Wildman–Crippen LogP) is 4.60. The van der Waals surface area contributed by atoms with Crippen molar-refractivity contribution in [1.29, 1.82) is 0 Å². The molecule has 5 nitrogen and oxygen atoms in total. The van der Waals surface area contributed by atoms with Crippen LogP contribution in [0.5, 0.6) is 11.5 Å². The molecule has 2 saturated carbocycles. The van der Waals surface area contributed by atoms with Gasteiger partial charge < -0.3 is 14.8 Å². The highest BCUT2D eigenvalue weighted by atomic mass is 16.7. The number of ether oxygens (including phenoxy) is 2. The third-order valence-corrected chi connectivity index (χ3v) is 6.43. The summed E-state index contributed by atoms with van der Waals surface area (Å²) in [4.78, 5) is 17.5. The third-order valence-electron chi connectivity index (χ3n) is 6.43. The molecule has 0 unspecified atom stereocenters. The van der Waals surface area contributed by atoms with Crippen LogP contribution < -0.4 is 14.8 Å². The van der Waals surface area contributed by atoms with Crippen molar-refractivity contribution in [2.45, 2.75) is 56.8 Å². The van der Waals surface area contributed by atoms with E-state index in [9.17, 15) is 4.79 Å². The van der Waals surface area contributed by atoms with Crippen molar-refractivity contribution in [3.63, 3.8) is 0 Å². The molecule has 2 aliphatic carbocycles. The van der Waals surface area contributed by atoms with Crippen molar-refractivity contribution < 1.29 is 14.3 Å². The lowest BCUT2D eigenvalue weighted by molar-refractivity contribution is -0.118. The van der Waals surface area contributed by atoms with Crippen LogP contribution in [0.3, 0.4) is 0 Å². The van der Waals surface area contributed by atoms with Crippen LogP contribution in [0.4, 0.5) is 5.82 Å². The summed E-state index contributed by atoms with van der Waals surface area (Å²) in [7, 11) is 0. The Bertz CT molecular complexity index is 868. The molecule has 28 heavy (non-hydrogen) atoms. The summed E-state index contributed by atoms with van der Waals surface area (Å²) >= 11 is 0. The molecule has 0 bridgehead atoms. The number of carbonyl (C=O) groups excluding carboxylic acids is 1. The van der Waals surface area contributed by atoms with Gasteiger partial charge in [-0.05, 0) is 54.5 Å². The van der Waals surface area contributed by atoms with E-state index in [4.69, 9.17) is 9.47 Å². The molecule has 5 rings (SSSR count). The Morgan fingerprint density at radius 2 is 1.89 bits per heavy atom. The first-order chi connectivity index (χ1) is 13.7. The maximum atomic E-state index is 13.0. The normalized spacial score (nSPS) is 20.0. The number of benzene rings is 1. The van der Waals surface area contributed by atoms with Gasteiger partial charge in [0.15, 0.2) is 11.5 Å². The summed E-state index contributed by atoms with van der Waals surface area (Å²) in [5, 5.41) is 3.02. The van der Waals surface area contributed by atoms with Crippen LogP contribution in [0.1, 0.15) is 56.1 Å². The molecule has 3 aliphatic rings. The van der Waals surface area contributed by atoms with Crippen molar-refractivity contribution in [2.24, 2.45) is 5.92 Å². The SMILES string of the molecule is O=C(Nc1ccc(CC2CCCCC2)cn1)C1(c2ccc3c(c2)OCO3)CC1. The highest BCUT2D eigenvalue weighted by Crippen LogP contribution is 2.51. The average molecular weight is 378 g/mol. The van der Waals surface area contributed by atoms with Gasteiger partial charge in [0.05, 0.1) is 5.41 Å². The van der Waals surface area contributed by atoms with Crippen molar-refractivity contribution in [2.75, 3.05) is 12.1 Å². The van der Waals surface area contributed by atoms with Crippen LogP contribution in [-0.4, -0.2) is 17.7 Å². The zero-order chi connectivity index (χ0) is 19.0. The Balaban J connectivity index is 1.25. The van der Waals surface area contributed by atoms with Gasteiger partial charge in [-0.1, -0.05) is 44.2 Å². The van der Waals surface area contributed by atoms with E-state index in [-0.39, 0.29) is 12.7 Å². The number of anilines is 1. The van der Waals surface area contributed by atoms with E-state index in [1.807, 2.05) is 30.5 Å². The standard InChI is InChI=1S/C23H26N2O3/c26-22(23(10-11-23)18-7-8-19-20(13-18)28-15-27-19)25-21-9-6-17(14-24-21)12-16-4-2-1-3-5-16/h6-9,13-14,16H,1-5,10-12,15H2,(H,24,25,26). The Morgan fingerprint density at radius 3 is 2.64 bits per heavy atom. The van der Waals surface area contributed by atoms with Gasteiger partial charge in [0, 0.05) is 6.20 Å². The average Bonchev–Trinajstić information content (AvgIpc) is 3.41. The van der Waals surface area contributed by atoms with Crippen molar-refractivity contribution >= 4 is 11.7 Å². The highest BCUT2D eigenvalue weighted by molar-refractivity contribution is 6.01. The monoisotopic (exact) mass is 378 g/mol. The maximum Gasteiger partial charge on any atom is 0.236 e. The van der Waals surface area contributed by atoms with Gasteiger partial charge in [-0.3, -0.25) is 4.79 Å². The summed E-state index contributed by atoms with van der Waals surface area (Å²) in [6.45, 7) is 0.245. The number of amides is 1. The molecule has 0 spiro atoms. The third kappa shape index (κ3) is 3.34. The number of hydrogen-bond donors (Lipinski definition) is 1. The molecule has 1 aromatic carbocycles. The topological polar surface area (TPSA) is 60.5 Å². The fourth-order valence-corrected chi connectivity index (χ4v) is 4.55. The first-order valence-corrected chi connectivity index (χ1v) is 10.4. The molecule has 1 aromatic heterocycles. The summed E-state index contributed by atoms with van der Waals surface area (Å²) in [5.41, 5.74) is 1.79. The van der Waals surface area contributed by atoms with Crippen molar-refractivity contribution in [3.05, 3.63) is 47.7 Å². The minimum Gasteiger partial charge on any atom is -0.454 e. The summed E-state index contributed by atoms with van der Waals surface area (Å²) < 4.78 is 10.8. The molecule has 0 saturated heterocycles. The second-order valence-electron chi connectivity index (χ2n) is 8.36. The van der Waals surface area contributed by atoms with Gasteiger partial charge in [-0.25, -0.2) is 4.98 Å². The Morgan fingerprint density at radius 1 is 1.07 bits per heavy atom. The van der Waals surface area contributed by atoms with Gasteiger partial charge in [-0.15, -0.1) is 0 Å². The summed E-state index contributed by atoms with van der Waals surface area (Å²) in [6.07, 6.45) is 11.5. The van der Waals surface area contributed by atoms with Crippen LogP contribution in [0, 0.1) is 5.92 Å². The molecular weight excluding hydrogens is 352 g/mol. The van der Waals surface area contributed by atoms with E-state index in [0.717, 1.165) is 42.2 Å². The summed E-state index contributed by atoms with van der Waals surface area (Å²) in [5.74, 6) is 2.90. The van der Waals surface area contributed by atoms with Crippen LogP contribution >= 0.6 is 0 Å². The molecule has 0 atom stereocenters. The lowest BCUT2D eigenvalue weighted by Crippen LogP contribution is -2.28. The second-order valence-corrected chi connectivity index (χ2v) is 8.36. The fourth-order valence-electron chi connectivity index (χ4n) is 4.55. The van der Waals surface area contributed by atoms with E-state index in [1.54, 1.807) is 0 Å². The van der Waals surface area contributed by atoms with E-state index in [0.29, 0.717) is 5.82 Å². The Hall–Kier alpha value is -2.56. The van der Waals surface area contributed by atoms with Crippen molar-refractivity contribution in [1.82, 2.24) is 4.98 Å². The van der Waals surface area contributed by atoms with E-state index in [1.165, 1.54) is 37.7 Å². The van der Waals surface area contributed by atoms with Crippen LogP contribution in [-0.2, 0) is 16.6 Å². The molecule has 5 heteroatoms. The molecule has 2 aromatic rings. The maximum absolute atomic E-state index is 13.0. The molecule has 1 aliphatic heterocycles. The number of fused-ring (bicyclic) bond motifs is 1. The highest BCUT2D eigenvalue weighted by Gasteiger charge is 2.51. The Kier molecular flexibility index (Phi) is 4.46. The van der Waals surface area contributed by atoms with Crippen molar-refractivity contribution in [3.8, 4) is 11.5 Å². The fraction of sp³-hybridized carbons (Fsp3) is 0.478. The van der Waals surface area contributed by atoms with E-state index >= 15 is 0 Å². The second kappa shape index (κ2) is 7.12. The van der Waals surface area contributed by atoms with Crippen LogP contribution in [0.25, 0.3) is 0 Å². The zero-order valence-corrected chi connectivity index (χ0v) is 16.1. The number of nitrogens with zero attached hydrogens (tertiary/aromatic N) is 1. The van der Waals surface area contributed by atoms with E-state index < -0.39 is 5.41 Å². The molecule has 146 valence electrons. The number of aromatic nitrogens is 1. The van der Waals surface area contributed by atoms with Gasteiger partial charge in [0.2, 0.25) is 12.7 Å². The van der Waals surface area contributed by atoms with Gasteiger partial charge >= 0.3 is 0 Å². The predicted molar refractivity (Wildman–Crippen MR) is 107 cm³/mol. The lowest BCUT2D eigenvalue weighted by Gasteiger charge is -2.21. The molecular formula is C23H26N2O3. The first-order valence-electron chi connectivity index (χ1n) is 10.4. The molecule has 0 radical (unpaired) electrons. The number of pyridine rings is 1. The number of carbonyl (C=O) groups is 1. The molecule has 2 fully saturated rings. The van der Waals surface area contributed by atoms with Gasteiger partial charge in [0.25, 0.3) is 0 Å². The lowest BCUT2D eigenvalue weighted by atomic mass is 9.85. The minimum absolute atomic E-state index is 0.0129. The smallest absolute Gasteiger partial charge is 0.236 e. The van der Waals surface area contributed by atoms with Gasteiger partial charge in [0.1, 0.15) is 5.82 Å². The Labute approximate surface area is 165 Å². The van der Waals surface area contributed by atoms with Gasteiger partial charge in [-0.2, -0.15) is 0 Å². The number of hydrogen-bond acceptors (Lipinski definition) is 4. The molecule has 2 heterocycles. The minimum atomic E-state index is -0.469. The molecule has 1 N–H and O–H groups in total. The quantitative estimate of drug-likeness (QED) is 0.826. The number of nitrogens with one attached hydrogen (secondary N) is 1.